The average Bonchev–Trinajstić information content (AvgIpc) is 2.79. The first-order valence-electron chi connectivity index (χ1n) is 11.5. The Hall–Kier alpha value is -2.28. The van der Waals surface area contributed by atoms with E-state index in [4.69, 9.17) is 11.6 Å². The molecule has 4 rings (SSSR count). The van der Waals surface area contributed by atoms with Gasteiger partial charge in [0.25, 0.3) is 5.91 Å². The first-order chi connectivity index (χ1) is 16.0. The van der Waals surface area contributed by atoms with Crippen molar-refractivity contribution in [2.75, 3.05) is 37.6 Å². The maximum absolute atomic E-state index is 13.3. The topological polar surface area (TPSA) is 52.7 Å². The lowest BCUT2D eigenvalue weighted by molar-refractivity contribution is -0.122. The molecule has 2 aliphatic rings. The van der Waals surface area contributed by atoms with Crippen LogP contribution in [0.2, 0.25) is 5.02 Å². The summed E-state index contributed by atoms with van der Waals surface area (Å²) in [7, 11) is 0. The first kappa shape index (κ1) is 23.9. The number of carbonyl (C=O) groups is 2. The molecule has 2 heterocycles. The number of hydrogen-bond acceptors (Lipinski definition) is 4. The molecule has 33 heavy (non-hydrogen) atoms. The van der Waals surface area contributed by atoms with Crippen LogP contribution in [0.3, 0.4) is 0 Å². The molecule has 0 saturated carbocycles. The standard InChI is InChI=1S/C26H30ClN3O2S/c1-19-7-5-13-29(17-19)14-6-12-28-25(31)18-30-22-10-2-3-11-23(22)33-24(26(30)32)16-20-8-4-9-21(27)15-20/h2-4,8-11,15-16,19H,5-7,12-14,17-18H2,1H3,(H,28,31)/b24-16+. The molecule has 1 atom stereocenters. The number of halogens is 1. The van der Waals surface area contributed by atoms with E-state index in [1.54, 1.807) is 11.0 Å². The van der Waals surface area contributed by atoms with Crippen molar-refractivity contribution in [1.29, 1.82) is 0 Å². The van der Waals surface area contributed by atoms with Gasteiger partial charge in [-0.15, -0.1) is 0 Å². The summed E-state index contributed by atoms with van der Waals surface area (Å²) in [4.78, 5) is 31.6. The van der Waals surface area contributed by atoms with Crippen LogP contribution in [0, 0.1) is 5.92 Å². The molecule has 0 aliphatic carbocycles. The number of thioether (sulfide) groups is 1. The zero-order chi connectivity index (χ0) is 23.2. The molecular weight excluding hydrogens is 454 g/mol. The Morgan fingerprint density at radius 1 is 1.24 bits per heavy atom. The van der Waals surface area contributed by atoms with Gasteiger partial charge in [-0.25, -0.2) is 0 Å². The minimum absolute atomic E-state index is 0.00401. The van der Waals surface area contributed by atoms with E-state index in [-0.39, 0.29) is 18.4 Å². The molecule has 7 heteroatoms. The average molecular weight is 484 g/mol. The lowest BCUT2D eigenvalue weighted by Crippen LogP contribution is -2.43. The van der Waals surface area contributed by atoms with Gasteiger partial charge in [0.05, 0.1) is 10.6 Å². The zero-order valence-electron chi connectivity index (χ0n) is 18.9. The van der Waals surface area contributed by atoms with Crippen LogP contribution in [0.1, 0.15) is 31.7 Å². The summed E-state index contributed by atoms with van der Waals surface area (Å²) in [5.74, 6) is 0.445. The molecule has 2 aromatic rings. The van der Waals surface area contributed by atoms with Gasteiger partial charge in [0.1, 0.15) is 6.54 Å². The summed E-state index contributed by atoms with van der Waals surface area (Å²) in [6.45, 7) is 6.22. The van der Waals surface area contributed by atoms with Gasteiger partial charge in [0.15, 0.2) is 0 Å². The van der Waals surface area contributed by atoms with Crippen LogP contribution in [-0.2, 0) is 9.59 Å². The second-order valence-corrected chi connectivity index (χ2v) is 10.3. The molecule has 5 nitrogen and oxygen atoms in total. The number of rotatable bonds is 7. The number of nitrogens with one attached hydrogen (secondary N) is 1. The number of para-hydroxylation sites is 1. The van der Waals surface area contributed by atoms with Gasteiger partial charge in [-0.1, -0.05) is 54.6 Å². The molecule has 2 amide bonds. The van der Waals surface area contributed by atoms with E-state index < -0.39 is 0 Å². The number of anilines is 1. The Balaban J connectivity index is 1.39. The van der Waals surface area contributed by atoms with Gasteiger partial charge in [0.2, 0.25) is 5.91 Å². The van der Waals surface area contributed by atoms with E-state index in [0.717, 1.165) is 48.1 Å². The van der Waals surface area contributed by atoms with Crippen molar-refractivity contribution in [3.05, 3.63) is 64.0 Å². The monoisotopic (exact) mass is 483 g/mol. The third-order valence-electron chi connectivity index (χ3n) is 5.99. The minimum Gasteiger partial charge on any atom is -0.355 e. The summed E-state index contributed by atoms with van der Waals surface area (Å²) >= 11 is 7.53. The molecule has 0 radical (unpaired) electrons. The fourth-order valence-corrected chi connectivity index (χ4v) is 5.64. The largest absolute Gasteiger partial charge is 0.355 e. The minimum atomic E-state index is -0.170. The van der Waals surface area contributed by atoms with E-state index in [2.05, 4.69) is 17.1 Å². The molecule has 2 aromatic carbocycles. The maximum atomic E-state index is 13.3. The summed E-state index contributed by atoms with van der Waals surface area (Å²) in [5, 5.41) is 3.62. The molecular formula is C26H30ClN3O2S. The molecule has 2 aliphatic heterocycles. The van der Waals surface area contributed by atoms with E-state index in [1.165, 1.54) is 24.6 Å². The summed E-state index contributed by atoms with van der Waals surface area (Å²) < 4.78 is 0. The number of hydrogen-bond donors (Lipinski definition) is 1. The smallest absolute Gasteiger partial charge is 0.265 e. The number of piperidine rings is 1. The Kier molecular flexibility index (Phi) is 8.12. The lowest BCUT2D eigenvalue weighted by Gasteiger charge is -2.31. The Morgan fingerprint density at radius 2 is 2.09 bits per heavy atom. The fourth-order valence-electron chi connectivity index (χ4n) is 4.39. The zero-order valence-corrected chi connectivity index (χ0v) is 20.5. The number of fused-ring (bicyclic) bond motifs is 1. The maximum Gasteiger partial charge on any atom is 0.265 e. The highest BCUT2D eigenvalue weighted by Gasteiger charge is 2.30. The third kappa shape index (κ3) is 6.40. The first-order valence-corrected chi connectivity index (χ1v) is 12.7. The molecule has 0 aromatic heterocycles. The van der Waals surface area contributed by atoms with Gasteiger partial charge in [0, 0.05) is 23.0 Å². The van der Waals surface area contributed by atoms with Crippen LogP contribution in [0.25, 0.3) is 6.08 Å². The molecule has 1 saturated heterocycles. The van der Waals surface area contributed by atoms with Crippen LogP contribution < -0.4 is 10.2 Å². The lowest BCUT2D eigenvalue weighted by atomic mass is 10.0. The van der Waals surface area contributed by atoms with Crippen LogP contribution in [0.4, 0.5) is 5.69 Å². The normalized spacial score (nSPS) is 20.1. The van der Waals surface area contributed by atoms with Crippen molar-refractivity contribution in [3.8, 4) is 0 Å². The predicted octanol–water partition coefficient (Wildman–Crippen LogP) is 5.06. The number of carbonyl (C=O) groups excluding carboxylic acids is 2. The van der Waals surface area contributed by atoms with Crippen LogP contribution in [0.15, 0.2) is 58.3 Å². The Bertz CT molecular complexity index is 1040. The summed E-state index contributed by atoms with van der Waals surface area (Å²) in [6.07, 6.45) is 5.32. The van der Waals surface area contributed by atoms with Gasteiger partial charge < -0.3 is 10.2 Å². The Morgan fingerprint density at radius 3 is 2.91 bits per heavy atom. The number of nitrogens with zero attached hydrogens (tertiary/aromatic N) is 2. The molecule has 1 unspecified atom stereocenters. The van der Waals surface area contributed by atoms with E-state index in [1.807, 2.05) is 48.5 Å². The quantitative estimate of drug-likeness (QED) is 0.442. The second-order valence-electron chi connectivity index (χ2n) is 8.78. The van der Waals surface area contributed by atoms with Gasteiger partial charge >= 0.3 is 0 Å². The van der Waals surface area contributed by atoms with Crippen molar-refractivity contribution in [2.45, 2.75) is 31.1 Å². The SMILES string of the molecule is CC1CCCN(CCCNC(=O)CN2C(=O)/C(=C\c3cccc(Cl)c3)Sc3ccccc32)C1. The number of likely N-dealkylation sites (tertiary alicyclic amines) is 1. The summed E-state index contributed by atoms with van der Waals surface area (Å²) in [5.41, 5.74) is 1.63. The molecule has 1 N–H and O–H groups in total. The van der Waals surface area contributed by atoms with Gasteiger partial charge in [-0.2, -0.15) is 0 Å². The van der Waals surface area contributed by atoms with E-state index in [0.29, 0.717) is 16.5 Å². The van der Waals surface area contributed by atoms with E-state index >= 15 is 0 Å². The summed E-state index contributed by atoms with van der Waals surface area (Å²) in [6, 6.07) is 15.1. The third-order valence-corrected chi connectivity index (χ3v) is 7.31. The van der Waals surface area contributed by atoms with E-state index in [9.17, 15) is 9.59 Å². The Labute approximate surface area is 205 Å². The van der Waals surface area contributed by atoms with Crippen LogP contribution >= 0.6 is 23.4 Å². The number of amides is 2. The highest BCUT2D eigenvalue weighted by Crippen LogP contribution is 2.42. The molecule has 0 spiro atoms. The molecule has 174 valence electrons. The predicted molar refractivity (Wildman–Crippen MR) is 137 cm³/mol. The number of benzene rings is 2. The van der Waals surface area contributed by atoms with Crippen molar-refractivity contribution < 1.29 is 9.59 Å². The van der Waals surface area contributed by atoms with Crippen LogP contribution in [-0.4, -0.2) is 49.4 Å². The van der Waals surface area contributed by atoms with Gasteiger partial charge in [-0.05, 0) is 74.2 Å². The second kappa shape index (κ2) is 11.2. The van der Waals surface area contributed by atoms with Crippen molar-refractivity contribution in [1.82, 2.24) is 10.2 Å². The van der Waals surface area contributed by atoms with Gasteiger partial charge in [-0.3, -0.25) is 14.5 Å². The van der Waals surface area contributed by atoms with Crippen molar-refractivity contribution >= 4 is 46.9 Å². The van der Waals surface area contributed by atoms with Crippen molar-refractivity contribution in [2.24, 2.45) is 5.92 Å². The van der Waals surface area contributed by atoms with Crippen LogP contribution in [0.5, 0.6) is 0 Å². The molecule has 1 fully saturated rings. The molecule has 0 bridgehead atoms. The fraction of sp³-hybridized carbons (Fsp3) is 0.385. The van der Waals surface area contributed by atoms with Crippen molar-refractivity contribution in [3.63, 3.8) is 0 Å². The highest BCUT2D eigenvalue weighted by molar-refractivity contribution is 8.04. The highest BCUT2D eigenvalue weighted by atomic mass is 35.5.